The number of fused-ring (bicyclic) bond motifs is 5. The summed E-state index contributed by atoms with van der Waals surface area (Å²) in [5.41, 5.74) is 1.44. The molecule has 3 fully saturated rings. The third kappa shape index (κ3) is 6.06. The Hall–Kier alpha value is -4.39. The number of carbonyl (C=O) groups excluding carboxylic acids is 5. The molecule has 3 aliphatic carbocycles. The lowest BCUT2D eigenvalue weighted by molar-refractivity contribution is -0.340. The molecule has 2 saturated carbocycles. The van der Waals surface area contributed by atoms with Crippen molar-refractivity contribution < 1.29 is 52.8 Å². The summed E-state index contributed by atoms with van der Waals surface area (Å²) < 4.78 is 30.9. The van der Waals surface area contributed by atoms with Gasteiger partial charge in [0.05, 0.1) is 24.0 Å². The Morgan fingerprint density at radius 3 is 2.09 bits per heavy atom. The summed E-state index contributed by atoms with van der Waals surface area (Å²) in [5.74, 6) is -5.91. The minimum atomic E-state index is -2.13. The molecule has 4 aliphatic rings. The SMILES string of the molecule is CC(=O)O[C@H]1C(=O)[C@@]2(C)[C@H]([C@H](OC(=O)c3ccccc3)[C@]3(O)C[C@H](OC(=O)[C@H](C)[C@@H](N)c4ccccc4)C(C)=C1C3(C)C)[C@]1(OC(C)=O)CO[C@@H]1C[C@@H]2C. The highest BCUT2D eigenvalue weighted by Crippen LogP contribution is 2.65. The summed E-state index contributed by atoms with van der Waals surface area (Å²) in [6.45, 7) is 12.6. The van der Waals surface area contributed by atoms with Gasteiger partial charge in [-0.05, 0) is 48.1 Å². The second-order valence-corrected chi connectivity index (χ2v) is 16.3. The average Bonchev–Trinajstić information content (AvgIpc) is 3.12. The Bertz CT molecular complexity index is 1860. The van der Waals surface area contributed by atoms with E-state index >= 15 is 4.79 Å². The standard InChI is InChI=1S/C42H51NO11/c1-22-19-30-41(21-50-30,54-26(5)45)34-36(53-38(48)28-17-13-10-14-18-28)42(49)20-29(52-37(47)24(3)32(43)27-15-11-9-12-16-27)23(2)31(39(42,6)7)33(51-25(4)44)35(46)40(22,34)8/h9-18,22,24,29-30,32-34,36,49H,19-21,43H2,1-8H3/t22-,24+,29-,30+,32+,33+,34-,36-,40+,41-,42+/m0/s1. The maximum Gasteiger partial charge on any atom is 0.338 e. The van der Waals surface area contributed by atoms with Crippen molar-refractivity contribution in [1.82, 2.24) is 0 Å². The second kappa shape index (κ2) is 14.0. The van der Waals surface area contributed by atoms with Crippen LogP contribution in [0.3, 0.4) is 0 Å². The Labute approximate surface area is 315 Å². The van der Waals surface area contributed by atoms with E-state index in [-0.39, 0.29) is 30.6 Å². The number of esters is 4. The van der Waals surface area contributed by atoms with Crippen LogP contribution in [0.5, 0.6) is 0 Å². The van der Waals surface area contributed by atoms with Gasteiger partial charge < -0.3 is 34.5 Å². The predicted octanol–water partition coefficient (Wildman–Crippen LogP) is 4.81. The highest BCUT2D eigenvalue weighted by molar-refractivity contribution is 5.95. The Kier molecular flexibility index (Phi) is 10.2. The number of benzene rings is 2. The molecular formula is C42H51NO11. The molecule has 2 bridgehead atoms. The molecule has 0 spiro atoms. The quantitative estimate of drug-likeness (QED) is 0.214. The Morgan fingerprint density at radius 2 is 1.54 bits per heavy atom. The second-order valence-electron chi connectivity index (χ2n) is 16.3. The van der Waals surface area contributed by atoms with Gasteiger partial charge in [-0.15, -0.1) is 0 Å². The molecule has 0 aromatic heterocycles. The lowest BCUT2D eigenvalue weighted by atomic mass is 9.43. The van der Waals surface area contributed by atoms with Crippen molar-refractivity contribution in [1.29, 1.82) is 0 Å². The van der Waals surface area contributed by atoms with E-state index in [2.05, 4.69) is 0 Å². The van der Waals surface area contributed by atoms with Crippen molar-refractivity contribution in [2.45, 2.75) is 110 Å². The molecule has 2 aromatic rings. The van der Waals surface area contributed by atoms with Gasteiger partial charge in [0.25, 0.3) is 0 Å². The number of ether oxygens (including phenoxy) is 5. The van der Waals surface area contributed by atoms with E-state index in [0.717, 1.165) is 5.56 Å². The first-order valence-corrected chi connectivity index (χ1v) is 18.5. The summed E-state index contributed by atoms with van der Waals surface area (Å²) >= 11 is 0. The van der Waals surface area contributed by atoms with Crippen LogP contribution < -0.4 is 5.73 Å². The Morgan fingerprint density at radius 1 is 0.926 bits per heavy atom. The fraction of sp³-hybridized carbons (Fsp3) is 0.548. The zero-order chi connectivity index (χ0) is 39.5. The number of hydrogen-bond acceptors (Lipinski definition) is 12. The molecule has 1 heterocycles. The number of hydrogen-bond donors (Lipinski definition) is 2. The molecule has 0 radical (unpaired) electrons. The number of rotatable bonds is 8. The number of nitrogens with two attached hydrogens (primary N) is 1. The van der Waals surface area contributed by atoms with Crippen molar-refractivity contribution in [3.63, 3.8) is 0 Å². The fourth-order valence-corrected chi connectivity index (χ4v) is 9.67. The molecule has 11 atom stereocenters. The van der Waals surface area contributed by atoms with Gasteiger partial charge >= 0.3 is 23.9 Å². The van der Waals surface area contributed by atoms with Gasteiger partial charge in [0.1, 0.15) is 23.9 Å². The van der Waals surface area contributed by atoms with E-state index < -0.39 is 99.9 Å². The van der Waals surface area contributed by atoms with Gasteiger partial charge in [-0.1, -0.05) is 83.1 Å². The number of Topliss-reactive ketones (excluding diaryl/α,β-unsaturated/α-hetero) is 1. The monoisotopic (exact) mass is 745 g/mol. The van der Waals surface area contributed by atoms with Gasteiger partial charge in [-0.2, -0.15) is 0 Å². The highest BCUT2D eigenvalue weighted by Gasteiger charge is 2.77. The third-order valence-electron chi connectivity index (χ3n) is 13.0. The fourth-order valence-electron chi connectivity index (χ4n) is 9.67. The van der Waals surface area contributed by atoms with E-state index in [4.69, 9.17) is 29.4 Å². The molecule has 54 heavy (non-hydrogen) atoms. The Balaban J connectivity index is 1.58. The predicted molar refractivity (Wildman–Crippen MR) is 194 cm³/mol. The van der Waals surface area contributed by atoms with E-state index in [0.29, 0.717) is 5.57 Å². The highest BCUT2D eigenvalue weighted by atomic mass is 16.6. The van der Waals surface area contributed by atoms with Crippen LogP contribution in [0.15, 0.2) is 71.8 Å². The molecule has 6 rings (SSSR count). The first-order valence-electron chi connectivity index (χ1n) is 18.5. The van der Waals surface area contributed by atoms with Crippen LogP contribution in [0.4, 0.5) is 0 Å². The zero-order valence-corrected chi connectivity index (χ0v) is 32.1. The molecule has 290 valence electrons. The summed E-state index contributed by atoms with van der Waals surface area (Å²) in [5, 5.41) is 13.6. The van der Waals surface area contributed by atoms with Gasteiger partial charge in [0.15, 0.2) is 17.5 Å². The van der Waals surface area contributed by atoms with Crippen LogP contribution in [0.2, 0.25) is 0 Å². The van der Waals surface area contributed by atoms with Crippen molar-refractivity contribution in [2.24, 2.45) is 34.3 Å². The number of aliphatic hydroxyl groups is 1. The van der Waals surface area contributed by atoms with Crippen molar-refractivity contribution >= 4 is 29.7 Å². The largest absolute Gasteiger partial charge is 0.457 e. The van der Waals surface area contributed by atoms with Gasteiger partial charge in [0.2, 0.25) is 0 Å². The number of carbonyl (C=O) groups is 5. The summed E-state index contributed by atoms with van der Waals surface area (Å²) in [4.78, 5) is 69.5. The topological polar surface area (TPSA) is 178 Å². The summed E-state index contributed by atoms with van der Waals surface area (Å²) in [7, 11) is 0. The lowest BCUT2D eigenvalue weighted by Crippen LogP contribution is -2.80. The van der Waals surface area contributed by atoms with Crippen LogP contribution in [-0.4, -0.2) is 77.0 Å². The molecule has 0 unspecified atom stereocenters. The molecular weight excluding hydrogens is 694 g/mol. The van der Waals surface area contributed by atoms with E-state index in [1.165, 1.54) is 13.8 Å². The van der Waals surface area contributed by atoms with Crippen molar-refractivity contribution in [3.8, 4) is 0 Å². The first-order chi connectivity index (χ1) is 25.3. The van der Waals surface area contributed by atoms with Crippen LogP contribution in [0.1, 0.15) is 90.2 Å². The molecule has 1 aliphatic heterocycles. The minimum Gasteiger partial charge on any atom is -0.457 e. The summed E-state index contributed by atoms with van der Waals surface area (Å²) in [6, 6.07) is 16.6. The van der Waals surface area contributed by atoms with Gasteiger partial charge in [-0.3, -0.25) is 19.2 Å². The maximum absolute atomic E-state index is 15.5. The minimum absolute atomic E-state index is 0.138. The van der Waals surface area contributed by atoms with Gasteiger partial charge in [-0.25, -0.2) is 4.79 Å². The number of ketones is 1. The zero-order valence-electron chi connectivity index (χ0n) is 32.1. The van der Waals surface area contributed by atoms with Crippen LogP contribution in [0, 0.1) is 28.6 Å². The lowest BCUT2D eigenvalue weighted by Gasteiger charge is -2.68. The first kappa shape index (κ1) is 39.3. The smallest absolute Gasteiger partial charge is 0.338 e. The van der Waals surface area contributed by atoms with Crippen molar-refractivity contribution in [3.05, 3.63) is 82.9 Å². The molecule has 12 nitrogen and oxygen atoms in total. The summed E-state index contributed by atoms with van der Waals surface area (Å²) in [6.07, 6.45) is -4.96. The maximum atomic E-state index is 15.5. The van der Waals surface area contributed by atoms with Gasteiger partial charge in [0, 0.05) is 37.1 Å². The third-order valence-corrected chi connectivity index (χ3v) is 13.0. The molecule has 1 saturated heterocycles. The van der Waals surface area contributed by atoms with Crippen LogP contribution >= 0.6 is 0 Å². The molecule has 12 heteroatoms. The van der Waals surface area contributed by atoms with Crippen LogP contribution in [-0.2, 0) is 42.9 Å². The normalized spacial score (nSPS) is 35.0. The average molecular weight is 746 g/mol. The molecule has 3 N–H and O–H groups in total. The van der Waals surface area contributed by atoms with E-state index in [9.17, 15) is 24.3 Å². The van der Waals surface area contributed by atoms with E-state index in [1.807, 2.05) is 37.3 Å². The molecule has 0 amide bonds. The van der Waals surface area contributed by atoms with E-state index in [1.54, 1.807) is 65.0 Å². The van der Waals surface area contributed by atoms with Crippen LogP contribution in [0.25, 0.3) is 0 Å². The molecule has 2 aromatic carbocycles. The van der Waals surface area contributed by atoms with Crippen molar-refractivity contribution in [2.75, 3.05) is 6.61 Å².